The van der Waals surface area contributed by atoms with Gasteiger partial charge in [-0.2, -0.15) is 5.10 Å². The molecule has 1 aromatic rings. The number of carboxylic acids is 1. The highest BCUT2D eigenvalue weighted by Gasteiger charge is 2.32. The van der Waals surface area contributed by atoms with Crippen LogP contribution in [-0.2, 0) is 4.79 Å². The predicted molar refractivity (Wildman–Crippen MR) is 83.2 cm³/mol. The Kier molecular flexibility index (Phi) is 4.30. The molecule has 6 heteroatoms. The Hall–Kier alpha value is -2.63. The Morgan fingerprint density at radius 1 is 1.36 bits per heavy atom. The molecule has 0 saturated carbocycles. The van der Waals surface area contributed by atoms with Gasteiger partial charge in [-0.05, 0) is 23.6 Å². The number of aliphatic hydroxyl groups is 1. The maximum absolute atomic E-state index is 12.0. The highest BCUT2D eigenvalue weighted by atomic mass is 16.4. The average Bonchev–Trinajstić information content (AvgIpc) is 2.41. The lowest BCUT2D eigenvalue weighted by Crippen LogP contribution is -2.26. The molecule has 1 aromatic carbocycles. The molecule has 0 amide bonds. The van der Waals surface area contributed by atoms with E-state index in [0.29, 0.717) is 18.5 Å². The van der Waals surface area contributed by atoms with Gasteiger partial charge in [0, 0.05) is 12.8 Å². The number of aliphatic hydroxyl groups excluding tert-OH is 1. The van der Waals surface area contributed by atoms with Crippen molar-refractivity contribution in [2.75, 3.05) is 5.43 Å². The maximum Gasteiger partial charge on any atom is 0.335 e. The molecule has 1 aliphatic carbocycles. The third-order valence-corrected chi connectivity index (χ3v) is 3.39. The number of hydrogen-bond acceptors (Lipinski definition) is 5. The van der Waals surface area contributed by atoms with Gasteiger partial charge >= 0.3 is 5.97 Å². The number of benzene rings is 1. The maximum atomic E-state index is 12.0. The van der Waals surface area contributed by atoms with E-state index in [1.807, 2.05) is 13.8 Å². The fourth-order valence-corrected chi connectivity index (χ4v) is 2.34. The number of carboxylic acid groups (broad SMARTS) is 1. The molecule has 6 nitrogen and oxygen atoms in total. The number of carbonyl (C=O) groups is 2. The van der Waals surface area contributed by atoms with Gasteiger partial charge in [0.2, 0.25) is 0 Å². The van der Waals surface area contributed by atoms with Crippen molar-refractivity contribution in [1.82, 2.24) is 0 Å². The molecule has 0 radical (unpaired) electrons. The van der Waals surface area contributed by atoms with Crippen LogP contribution in [-0.4, -0.2) is 28.2 Å². The van der Waals surface area contributed by atoms with Gasteiger partial charge in [0.1, 0.15) is 5.76 Å². The number of nitrogens with zero attached hydrogens (tertiary/aromatic N) is 1. The molecule has 2 rings (SSSR count). The van der Waals surface area contributed by atoms with Crippen LogP contribution in [0.4, 0.5) is 5.69 Å². The molecule has 22 heavy (non-hydrogen) atoms. The number of Topliss-reactive ketones (excluding diaryl/α,β-unsaturated/α-hetero) is 1. The highest BCUT2D eigenvalue weighted by molar-refractivity contribution is 6.14. The smallest absolute Gasteiger partial charge is 0.335 e. The Labute approximate surface area is 128 Å². The molecule has 0 spiro atoms. The van der Waals surface area contributed by atoms with Gasteiger partial charge < -0.3 is 10.2 Å². The Bertz CT molecular complexity index is 674. The molecular weight excluding hydrogens is 284 g/mol. The first-order valence-electron chi connectivity index (χ1n) is 6.86. The molecule has 0 fully saturated rings. The van der Waals surface area contributed by atoms with Crippen LogP contribution in [0, 0.1) is 5.41 Å². The van der Waals surface area contributed by atoms with Crippen molar-refractivity contribution in [3.05, 3.63) is 41.2 Å². The van der Waals surface area contributed by atoms with Crippen LogP contribution in [0.1, 0.15) is 37.0 Å². The van der Waals surface area contributed by atoms with Crippen molar-refractivity contribution >= 4 is 23.7 Å². The van der Waals surface area contributed by atoms with Crippen molar-refractivity contribution in [2.45, 2.75) is 26.7 Å². The molecule has 1 aliphatic rings. The normalized spacial score (nSPS) is 17.8. The van der Waals surface area contributed by atoms with Crippen LogP contribution in [0.5, 0.6) is 0 Å². The summed E-state index contributed by atoms with van der Waals surface area (Å²) in [4.78, 5) is 22.9. The van der Waals surface area contributed by atoms with Gasteiger partial charge in [-0.1, -0.05) is 19.9 Å². The molecule has 0 saturated heterocycles. The summed E-state index contributed by atoms with van der Waals surface area (Å²) in [6.07, 6.45) is 2.06. The third kappa shape index (κ3) is 3.72. The lowest BCUT2D eigenvalue weighted by atomic mass is 9.77. The van der Waals surface area contributed by atoms with Crippen molar-refractivity contribution in [2.24, 2.45) is 10.5 Å². The van der Waals surface area contributed by atoms with E-state index in [2.05, 4.69) is 10.5 Å². The van der Waals surface area contributed by atoms with Crippen LogP contribution in [0.3, 0.4) is 0 Å². The first-order chi connectivity index (χ1) is 10.3. The van der Waals surface area contributed by atoms with Gasteiger partial charge in [0.25, 0.3) is 0 Å². The van der Waals surface area contributed by atoms with E-state index in [0.717, 1.165) is 0 Å². The van der Waals surface area contributed by atoms with Crippen molar-refractivity contribution in [3.63, 3.8) is 0 Å². The zero-order chi connectivity index (χ0) is 16.3. The van der Waals surface area contributed by atoms with Crippen LogP contribution >= 0.6 is 0 Å². The summed E-state index contributed by atoms with van der Waals surface area (Å²) in [6, 6.07) is 6.15. The molecular formula is C16H18N2O4. The molecule has 3 N–H and O–H groups in total. The average molecular weight is 302 g/mol. The number of ketones is 1. The fraction of sp³-hybridized carbons (Fsp3) is 0.312. The lowest BCUT2D eigenvalue weighted by molar-refractivity contribution is -0.117. The summed E-state index contributed by atoms with van der Waals surface area (Å²) < 4.78 is 0. The second-order valence-electron chi connectivity index (χ2n) is 6.06. The first-order valence-corrected chi connectivity index (χ1v) is 6.86. The summed E-state index contributed by atoms with van der Waals surface area (Å²) in [5.41, 5.74) is 3.23. The Morgan fingerprint density at radius 3 is 2.73 bits per heavy atom. The second-order valence-corrected chi connectivity index (χ2v) is 6.06. The zero-order valence-corrected chi connectivity index (χ0v) is 12.5. The van der Waals surface area contributed by atoms with Crippen LogP contribution < -0.4 is 5.43 Å². The lowest BCUT2D eigenvalue weighted by Gasteiger charge is -2.28. The monoisotopic (exact) mass is 302 g/mol. The van der Waals surface area contributed by atoms with Crippen LogP contribution in [0.2, 0.25) is 0 Å². The molecule has 0 atom stereocenters. The van der Waals surface area contributed by atoms with Crippen molar-refractivity contribution in [1.29, 1.82) is 0 Å². The minimum atomic E-state index is -1.03. The van der Waals surface area contributed by atoms with Crippen LogP contribution in [0.15, 0.2) is 40.7 Å². The third-order valence-electron chi connectivity index (χ3n) is 3.39. The quantitative estimate of drug-likeness (QED) is 0.586. The van der Waals surface area contributed by atoms with Gasteiger partial charge in [-0.25, -0.2) is 4.79 Å². The minimum absolute atomic E-state index is 0.0334. The first kappa shape index (κ1) is 15.8. The summed E-state index contributed by atoms with van der Waals surface area (Å²) in [6.45, 7) is 3.84. The van der Waals surface area contributed by atoms with E-state index in [4.69, 9.17) is 5.11 Å². The Balaban J connectivity index is 2.11. The molecule has 116 valence electrons. The van der Waals surface area contributed by atoms with E-state index < -0.39 is 5.97 Å². The topological polar surface area (TPSA) is 99.0 Å². The number of anilines is 1. The zero-order valence-electron chi connectivity index (χ0n) is 12.5. The molecule has 0 heterocycles. The number of carbonyl (C=O) groups excluding carboxylic acids is 1. The van der Waals surface area contributed by atoms with E-state index in [1.54, 1.807) is 12.1 Å². The summed E-state index contributed by atoms with van der Waals surface area (Å²) in [5, 5.41) is 22.8. The summed E-state index contributed by atoms with van der Waals surface area (Å²) in [5.74, 6) is -1.15. The summed E-state index contributed by atoms with van der Waals surface area (Å²) in [7, 11) is 0. The molecule has 0 unspecified atom stereocenters. The number of hydrogen-bond donors (Lipinski definition) is 3. The number of allylic oxidation sites excluding steroid dienone is 2. The summed E-state index contributed by atoms with van der Waals surface area (Å²) >= 11 is 0. The van der Waals surface area contributed by atoms with E-state index in [-0.39, 0.29) is 28.1 Å². The van der Waals surface area contributed by atoms with E-state index in [1.165, 1.54) is 18.3 Å². The largest absolute Gasteiger partial charge is 0.511 e. The van der Waals surface area contributed by atoms with Crippen molar-refractivity contribution < 1.29 is 19.8 Å². The van der Waals surface area contributed by atoms with E-state index >= 15 is 0 Å². The predicted octanol–water partition coefficient (Wildman–Crippen LogP) is 2.98. The fourth-order valence-electron chi connectivity index (χ4n) is 2.34. The minimum Gasteiger partial charge on any atom is -0.511 e. The molecule has 0 bridgehead atoms. The van der Waals surface area contributed by atoms with Gasteiger partial charge in [0.05, 0.1) is 23.0 Å². The number of nitrogens with one attached hydrogen (secondary N) is 1. The molecule has 0 aromatic heterocycles. The van der Waals surface area contributed by atoms with Gasteiger partial charge in [-0.3, -0.25) is 10.2 Å². The number of hydrazone groups is 1. The Morgan fingerprint density at radius 2 is 2.09 bits per heavy atom. The standard InChI is InChI=1S/C16H18N2O4/c1-16(2)7-13(19)12(14(20)8-16)9-17-18-11-5-3-4-10(6-11)15(21)22/h3-6,9,18-19H,7-8H2,1-2H3,(H,21,22)/b17-9+. The van der Waals surface area contributed by atoms with Gasteiger partial charge in [0.15, 0.2) is 5.78 Å². The SMILES string of the molecule is CC1(C)CC(=O)C(/C=N/Nc2cccc(C(=O)O)c2)=C(O)C1. The molecule has 0 aliphatic heterocycles. The number of aromatic carboxylic acids is 1. The van der Waals surface area contributed by atoms with E-state index in [9.17, 15) is 14.7 Å². The van der Waals surface area contributed by atoms with Crippen molar-refractivity contribution in [3.8, 4) is 0 Å². The van der Waals surface area contributed by atoms with Crippen LogP contribution in [0.25, 0.3) is 0 Å². The second kappa shape index (κ2) is 6.01. The number of rotatable bonds is 4. The van der Waals surface area contributed by atoms with Gasteiger partial charge in [-0.15, -0.1) is 0 Å². The highest BCUT2D eigenvalue weighted by Crippen LogP contribution is 2.35.